The molecule has 5 aromatic rings. The predicted molar refractivity (Wildman–Crippen MR) is 182 cm³/mol. The maximum absolute atomic E-state index is 14.6. The van der Waals surface area contributed by atoms with Crippen LogP contribution in [0.1, 0.15) is 28.4 Å². The Morgan fingerprint density at radius 1 is 0.644 bits per heavy atom. The van der Waals surface area contributed by atoms with Crippen molar-refractivity contribution in [1.29, 1.82) is 0 Å². The molecule has 0 saturated heterocycles. The standard InChI is InChI=1S/C39H35NO4S/c1-29(38(42)44-27-31-16-8-3-9-17-31)40(36-24-22-33(23-25-36)32-18-10-4-11-19-32)37(41)35(26-30-14-6-2-7-15-30)28-45-39(43)34-20-12-5-13-21-34/h2-25,29,35H,26-28H2,1H3/t29-,35?/m0/s1. The third-order valence-corrected chi connectivity index (χ3v) is 8.61. The fourth-order valence-corrected chi connectivity index (χ4v) is 6.00. The van der Waals surface area contributed by atoms with E-state index in [-0.39, 0.29) is 23.4 Å². The molecule has 0 aliphatic carbocycles. The largest absolute Gasteiger partial charge is 0.459 e. The van der Waals surface area contributed by atoms with E-state index in [0.29, 0.717) is 17.7 Å². The molecule has 0 aliphatic heterocycles. The quantitative estimate of drug-likeness (QED) is 0.133. The number of carbonyl (C=O) groups excluding carboxylic acids is 3. The lowest BCUT2D eigenvalue weighted by molar-refractivity contribution is -0.147. The van der Waals surface area contributed by atoms with E-state index in [0.717, 1.165) is 34.0 Å². The topological polar surface area (TPSA) is 63.7 Å². The number of thioether (sulfide) groups is 1. The van der Waals surface area contributed by atoms with Crippen LogP contribution in [0.4, 0.5) is 5.69 Å². The van der Waals surface area contributed by atoms with E-state index in [1.807, 2.05) is 133 Å². The molecule has 0 N–H and O–H groups in total. The first-order valence-electron chi connectivity index (χ1n) is 14.9. The molecule has 0 bridgehead atoms. The molecule has 45 heavy (non-hydrogen) atoms. The van der Waals surface area contributed by atoms with Gasteiger partial charge in [0.1, 0.15) is 12.6 Å². The second-order valence-electron chi connectivity index (χ2n) is 10.7. The zero-order valence-corrected chi connectivity index (χ0v) is 25.9. The van der Waals surface area contributed by atoms with Crippen LogP contribution in [-0.4, -0.2) is 28.8 Å². The van der Waals surface area contributed by atoms with Gasteiger partial charge in [0.15, 0.2) is 0 Å². The van der Waals surface area contributed by atoms with Crippen molar-refractivity contribution in [1.82, 2.24) is 0 Å². The van der Waals surface area contributed by atoms with Crippen LogP contribution in [0.2, 0.25) is 0 Å². The van der Waals surface area contributed by atoms with Crippen molar-refractivity contribution in [3.63, 3.8) is 0 Å². The lowest BCUT2D eigenvalue weighted by atomic mass is 9.98. The van der Waals surface area contributed by atoms with Crippen LogP contribution in [0.5, 0.6) is 0 Å². The highest BCUT2D eigenvalue weighted by molar-refractivity contribution is 8.14. The van der Waals surface area contributed by atoms with E-state index in [4.69, 9.17) is 4.74 Å². The van der Waals surface area contributed by atoms with Crippen LogP contribution < -0.4 is 4.90 Å². The number of benzene rings is 5. The number of esters is 1. The number of carbonyl (C=O) groups is 3. The molecule has 6 heteroatoms. The summed E-state index contributed by atoms with van der Waals surface area (Å²) in [4.78, 5) is 42.6. The van der Waals surface area contributed by atoms with Crippen molar-refractivity contribution in [3.8, 4) is 11.1 Å². The molecule has 5 aromatic carbocycles. The Hall–Kier alpha value is -4.94. The summed E-state index contributed by atoms with van der Waals surface area (Å²) in [6.07, 6.45) is 0.416. The van der Waals surface area contributed by atoms with E-state index < -0.39 is 17.9 Å². The summed E-state index contributed by atoms with van der Waals surface area (Å²) < 4.78 is 5.70. The van der Waals surface area contributed by atoms with Gasteiger partial charge in [-0.25, -0.2) is 4.79 Å². The van der Waals surface area contributed by atoms with Crippen LogP contribution in [0.25, 0.3) is 11.1 Å². The molecule has 0 aliphatic rings. The second-order valence-corrected chi connectivity index (χ2v) is 11.7. The lowest BCUT2D eigenvalue weighted by Gasteiger charge is -2.31. The van der Waals surface area contributed by atoms with Gasteiger partial charge in [0.25, 0.3) is 0 Å². The van der Waals surface area contributed by atoms with Crippen LogP contribution in [0.15, 0.2) is 146 Å². The van der Waals surface area contributed by atoms with Crippen LogP contribution >= 0.6 is 11.8 Å². The van der Waals surface area contributed by atoms with Crippen LogP contribution in [-0.2, 0) is 27.4 Å². The van der Waals surface area contributed by atoms with Gasteiger partial charge in [0.2, 0.25) is 11.0 Å². The van der Waals surface area contributed by atoms with Crippen molar-refractivity contribution in [3.05, 3.63) is 162 Å². The van der Waals surface area contributed by atoms with E-state index in [1.165, 1.54) is 4.90 Å². The summed E-state index contributed by atoms with van der Waals surface area (Å²) in [5.41, 5.74) is 5.05. The zero-order chi connectivity index (χ0) is 31.4. The van der Waals surface area contributed by atoms with Crippen molar-refractivity contribution >= 4 is 34.4 Å². The number of hydrogen-bond donors (Lipinski definition) is 0. The molecule has 226 valence electrons. The molecule has 0 fully saturated rings. The SMILES string of the molecule is C[C@@H](C(=O)OCc1ccccc1)N(C(=O)C(CSC(=O)c1ccccc1)Cc1ccccc1)c1ccc(-c2ccccc2)cc1. The second kappa shape index (κ2) is 15.7. The summed E-state index contributed by atoms with van der Waals surface area (Å²) in [5, 5.41) is -0.101. The minimum atomic E-state index is -0.906. The first-order valence-corrected chi connectivity index (χ1v) is 15.9. The maximum atomic E-state index is 14.6. The highest BCUT2D eigenvalue weighted by Gasteiger charge is 2.34. The van der Waals surface area contributed by atoms with Gasteiger partial charge in [-0.2, -0.15) is 0 Å². The van der Waals surface area contributed by atoms with Crippen LogP contribution in [0, 0.1) is 5.92 Å². The lowest BCUT2D eigenvalue weighted by Crippen LogP contribution is -2.48. The Morgan fingerprint density at radius 2 is 1.16 bits per heavy atom. The van der Waals surface area contributed by atoms with Gasteiger partial charge in [-0.15, -0.1) is 0 Å². The molecular formula is C39H35NO4S. The molecule has 2 atom stereocenters. The summed E-state index contributed by atoms with van der Waals surface area (Å²) >= 11 is 1.12. The summed E-state index contributed by atoms with van der Waals surface area (Å²) in [5.74, 6) is -1.08. The van der Waals surface area contributed by atoms with Crippen molar-refractivity contribution in [2.24, 2.45) is 5.92 Å². The predicted octanol–water partition coefficient (Wildman–Crippen LogP) is 8.25. The zero-order valence-electron chi connectivity index (χ0n) is 25.1. The van der Waals surface area contributed by atoms with E-state index in [9.17, 15) is 14.4 Å². The van der Waals surface area contributed by atoms with Crippen molar-refractivity contribution in [2.75, 3.05) is 10.7 Å². The first kappa shape index (κ1) is 31.5. The van der Waals surface area contributed by atoms with E-state index in [2.05, 4.69) is 0 Å². The highest BCUT2D eigenvalue weighted by Crippen LogP contribution is 2.28. The normalized spacial score (nSPS) is 12.1. The number of ether oxygens (including phenoxy) is 1. The monoisotopic (exact) mass is 613 g/mol. The van der Waals surface area contributed by atoms with Gasteiger partial charge in [-0.3, -0.25) is 14.5 Å². The van der Waals surface area contributed by atoms with Gasteiger partial charge in [0, 0.05) is 17.0 Å². The smallest absolute Gasteiger partial charge is 0.329 e. The number of hydrogen-bond acceptors (Lipinski definition) is 5. The van der Waals surface area contributed by atoms with Crippen molar-refractivity contribution < 1.29 is 19.1 Å². The molecular weight excluding hydrogens is 578 g/mol. The number of nitrogens with zero attached hydrogens (tertiary/aromatic N) is 1. The minimum absolute atomic E-state index is 0.101. The number of rotatable bonds is 12. The van der Waals surface area contributed by atoms with Gasteiger partial charge < -0.3 is 4.74 Å². The van der Waals surface area contributed by atoms with E-state index in [1.54, 1.807) is 19.1 Å². The van der Waals surface area contributed by atoms with Crippen molar-refractivity contribution in [2.45, 2.75) is 26.0 Å². The molecule has 0 radical (unpaired) electrons. The number of anilines is 1. The average molecular weight is 614 g/mol. The molecule has 0 aromatic heterocycles. The molecule has 5 nitrogen and oxygen atoms in total. The van der Waals surface area contributed by atoms with Crippen LogP contribution in [0.3, 0.4) is 0 Å². The average Bonchev–Trinajstić information content (AvgIpc) is 3.10. The Morgan fingerprint density at radius 3 is 1.76 bits per heavy atom. The Kier molecular flexibility index (Phi) is 11.0. The summed E-state index contributed by atoms with van der Waals surface area (Å²) in [7, 11) is 0. The highest BCUT2D eigenvalue weighted by atomic mass is 32.2. The maximum Gasteiger partial charge on any atom is 0.329 e. The fourth-order valence-electron chi connectivity index (χ4n) is 5.09. The third kappa shape index (κ3) is 8.58. The molecule has 0 heterocycles. The first-order chi connectivity index (χ1) is 22.0. The molecule has 1 unspecified atom stereocenters. The molecule has 5 rings (SSSR count). The third-order valence-electron chi connectivity index (χ3n) is 7.54. The fraction of sp³-hybridized carbons (Fsp3) is 0.154. The van der Waals surface area contributed by atoms with Gasteiger partial charge >= 0.3 is 5.97 Å². The molecule has 0 saturated carbocycles. The van der Waals surface area contributed by atoms with Gasteiger partial charge in [-0.05, 0) is 47.7 Å². The van der Waals surface area contributed by atoms with E-state index >= 15 is 0 Å². The van der Waals surface area contributed by atoms with Gasteiger partial charge in [-0.1, -0.05) is 145 Å². The summed E-state index contributed by atoms with van der Waals surface area (Å²) in [6.45, 7) is 1.80. The minimum Gasteiger partial charge on any atom is -0.459 e. The Balaban J connectivity index is 1.44. The van der Waals surface area contributed by atoms with Gasteiger partial charge in [0.05, 0.1) is 5.92 Å². The number of amides is 1. The Labute approximate surface area is 268 Å². The molecule has 0 spiro atoms. The Bertz CT molecular complexity index is 1680. The molecule has 1 amide bonds. The summed E-state index contributed by atoms with van der Waals surface area (Å²) in [6, 6.07) is 45.0.